The fourth-order valence-corrected chi connectivity index (χ4v) is 6.57. The molecule has 3 aromatic heterocycles. The van der Waals surface area contributed by atoms with Crippen LogP contribution in [0.3, 0.4) is 0 Å². The molecule has 0 bridgehead atoms. The van der Waals surface area contributed by atoms with Gasteiger partial charge in [0.25, 0.3) is 5.91 Å². The highest BCUT2D eigenvalue weighted by atomic mass is 32.2. The third-order valence-electron chi connectivity index (χ3n) is 4.59. The normalized spacial score (nSPS) is 13.3. The van der Waals surface area contributed by atoms with Gasteiger partial charge in [-0.2, -0.15) is 17.0 Å². The summed E-state index contributed by atoms with van der Waals surface area (Å²) in [7, 11) is 0. The zero-order valence-corrected chi connectivity index (χ0v) is 16.9. The lowest BCUT2D eigenvalue weighted by Crippen LogP contribution is -2.16. The van der Waals surface area contributed by atoms with Crippen molar-refractivity contribution < 1.29 is 4.79 Å². The van der Waals surface area contributed by atoms with E-state index in [2.05, 4.69) is 11.4 Å². The van der Waals surface area contributed by atoms with E-state index >= 15 is 0 Å². The van der Waals surface area contributed by atoms with Crippen LogP contribution in [0.25, 0.3) is 5.00 Å². The highest BCUT2D eigenvalue weighted by Gasteiger charge is 2.27. The van der Waals surface area contributed by atoms with E-state index in [0.29, 0.717) is 10.6 Å². The van der Waals surface area contributed by atoms with Crippen molar-refractivity contribution in [1.29, 1.82) is 5.26 Å². The number of thioether (sulfide) groups is 1. The van der Waals surface area contributed by atoms with Gasteiger partial charge >= 0.3 is 0 Å². The summed E-state index contributed by atoms with van der Waals surface area (Å²) in [5.41, 5.74) is 3.44. The van der Waals surface area contributed by atoms with Crippen LogP contribution >= 0.6 is 34.4 Å². The van der Waals surface area contributed by atoms with E-state index in [1.54, 1.807) is 11.3 Å². The Bertz CT molecular complexity index is 1020. The first-order chi connectivity index (χ1) is 12.6. The molecule has 0 fully saturated rings. The largest absolute Gasteiger partial charge is 0.315 e. The molecule has 7 heteroatoms. The molecule has 26 heavy (non-hydrogen) atoms. The molecule has 3 aromatic rings. The van der Waals surface area contributed by atoms with Crippen LogP contribution in [0.5, 0.6) is 0 Å². The maximum absolute atomic E-state index is 13.2. The molecule has 0 spiro atoms. The van der Waals surface area contributed by atoms with Crippen molar-refractivity contribution in [2.75, 3.05) is 11.1 Å². The number of thiophene rings is 2. The second-order valence-corrected chi connectivity index (χ2v) is 9.54. The van der Waals surface area contributed by atoms with Crippen molar-refractivity contribution in [3.05, 3.63) is 56.5 Å². The smallest absolute Gasteiger partial charge is 0.259 e. The molecule has 4 nitrogen and oxygen atoms in total. The quantitative estimate of drug-likeness (QED) is 0.664. The summed E-state index contributed by atoms with van der Waals surface area (Å²) in [5, 5.41) is 14.1. The molecular formula is C19H17N3OS3. The Balaban J connectivity index is 1.78. The van der Waals surface area contributed by atoms with Crippen LogP contribution in [-0.4, -0.2) is 16.2 Å². The van der Waals surface area contributed by atoms with Crippen molar-refractivity contribution >= 4 is 45.3 Å². The number of anilines is 1. The summed E-state index contributed by atoms with van der Waals surface area (Å²) in [6, 6.07) is 6.16. The molecule has 1 aliphatic heterocycles. The first-order valence-corrected chi connectivity index (χ1v) is 11.1. The van der Waals surface area contributed by atoms with Gasteiger partial charge in [0.2, 0.25) is 0 Å². The van der Waals surface area contributed by atoms with Gasteiger partial charge in [-0.15, -0.1) is 22.7 Å². The number of carbonyl (C=O) groups excluding carboxylic acids is 1. The molecule has 0 radical (unpaired) electrons. The summed E-state index contributed by atoms with van der Waals surface area (Å²) in [5.74, 6) is 1.88. The Morgan fingerprint density at radius 2 is 2.04 bits per heavy atom. The number of nitrogens with one attached hydrogen (secondary N) is 1. The summed E-state index contributed by atoms with van der Waals surface area (Å²) >= 11 is 5.08. The lowest BCUT2D eigenvalue weighted by Gasteiger charge is -2.13. The predicted octanol–water partition coefficient (Wildman–Crippen LogP) is 5.13. The van der Waals surface area contributed by atoms with Crippen molar-refractivity contribution in [2.24, 2.45) is 0 Å². The van der Waals surface area contributed by atoms with Crippen LogP contribution in [0, 0.1) is 25.2 Å². The Labute approximate surface area is 164 Å². The van der Waals surface area contributed by atoms with E-state index in [1.165, 1.54) is 21.8 Å². The molecule has 0 saturated heterocycles. The number of fused-ring (bicyclic) bond motifs is 1. The Kier molecular flexibility index (Phi) is 4.65. The van der Waals surface area contributed by atoms with Crippen LogP contribution in [0.1, 0.15) is 36.8 Å². The van der Waals surface area contributed by atoms with E-state index in [1.807, 2.05) is 54.7 Å². The number of aryl methyl sites for hydroxylation is 1. The molecule has 4 rings (SSSR count). The van der Waals surface area contributed by atoms with Gasteiger partial charge in [0.1, 0.15) is 16.1 Å². The summed E-state index contributed by atoms with van der Waals surface area (Å²) in [6.07, 6.45) is 4.86. The zero-order chi connectivity index (χ0) is 18.3. The maximum atomic E-state index is 13.2. The molecule has 0 saturated carbocycles. The third kappa shape index (κ3) is 2.88. The number of rotatable bonds is 3. The van der Waals surface area contributed by atoms with Crippen LogP contribution in [0.2, 0.25) is 0 Å². The number of amides is 1. The first kappa shape index (κ1) is 17.4. The minimum Gasteiger partial charge on any atom is -0.315 e. The van der Waals surface area contributed by atoms with Crippen molar-refractivity contribution in [3.8, 4) is 11.1 Å². The molecular weight excluding hydrogens is 382 g/mol. The molecule has 0 aromatic carbocycles. The highest BCUT2D eigenvalue weighted by molar-refractivity contribution is 7.98. The van der Waals surface area contributed by atoms with Crippen LogP contribution in [0.4, 0.5) is 5.00 Å². The van der Waals surface area contributed by atoms with Crippen LogP contribution in [-0.2, 0) is 12.2 Å². The minimum atomic E-state index is -0.115. The van der Waals surface area contributed by atoms with Gasteiger partial charge in [-0.1, -0.05) is 0 Å². The van der Waals surface area contributed by atoms with E-state index in [9.17, 15) is 10.1 Å². The summed E-state index contributed by atoms with van der Waals surface area (Å²) in [4.78, 5) is 15.6. The Hall–Kier alpha value is -2.01. The fourth-order valence-electron chi connectivity index (χ4n) is 3.12. The third-order valence-corrected chi connectivity index (χ3v) is 8.13. The number of nitriles is 1. The summed E-state index contributed by atoms with van der Waals surface area (Å²) in [6.45, 7) is 3.90. The van der Waals surface area contributed by atoms with Crippen LogP contribution in [0.15, 0.2) is 24.5 Å². The van der Waals surface area contributed by atoms with Gasteiger partial charge in [-0.3, -0.25) is 4.79 Å². The lowest BCUT2D eigenvalue weighted by atomic mass is 10.1. The molecule has 4 heterocycles. The average molecular weight is 400 g/mol. The van der Waals surface area contributed by atoms with E-state index in [4.69, 9.17) is 0 Å². The minimum absolute atomic E-state index is 0.115. The van der Waals surface area contributed by atoms with Gasteiger partial charge in [0, 0.05) is 27.9 Å². The van der Waals surface area contributed by atoms with Crippen molar-refractivity contribution in [2.45, 2.75) is 26.0 Å². The van der Waals surface area contributed by atoms with Gasteiger partial charge in [-0.25, -0.2) is 0 Å². The number of hydrogen-bond donors (Lipinski definition) is 1. The first-order valence-electron chi connectivity index (χ1n) is 8.27. The maximum Gasteiger partial charge on any atom is 0.259 e. The van der Waals surface area contributed by atoms with E-state index in [0.717, 1.165) is 38.9 Å². The van der Waals surface area contributed by atoms with Gasteiger partial charge in [0.05, 0.1) is 11.1 Å². The number of nitrogens with zero attached hydrogens (tertiary/aromatic N) is 2. The molecule has 1 N–H and O–H groups in total. The monoisotopic (exact) mass is 399 g/mol. The Morgan fingerprint density at radius 3 is 2.77 bits per heavy atom. The average Bonchev–Trinajstić information content (AvgIpc) is 3.33. The second-order valence-electron chi connectivity index (χ2n) is 6.13. The van der Waals surface area contributed by atoms with E-state index in [-0.39, 0.29) is 5.91 Å². The second kappa shape index (κ2) is 6.95. The van der Waals surface area contributed by atoms with Gasteiger partial charge in [0.15, 0.2) is 0 Å². The highest BCUT2D eigenvalue weighted by Crippen LogP contribution is 2.39. The predicted molar refractivity (Wildman–Crippen MR) is 110 cm³/mol. The number of aromatic nitrogens is 1. The molecule has 1 aliphatic rings. The fraction of sp³-hybridized carbons (Fsp3) is 0.263. The topological polar surface area (TPSA) is 57.8 Å². The van der Waals surface area contributed by atoms with Crippen LogP contribution < -0.4 is 5.32 Å². The van der Waals surface area contributed by atoms with Crippen molar-refractivity contribution in [1.82, 2.24) is 4.57 Å². The SMILES string of the molecule is Cc1sc(NC(=O)c2c(-n3cccc3)sc3c2CCSC3)c(C#N)c1C. The molecule has 0 atom stereocenters. The number of carbonyl (C=O) groups is 1. The number of hydrogen-bond acceptors (Lipinski definition) is 5. The standard InChI is InChI=1S/C19H17N3OS3/c1-11-12(2)25-18(14(11)9-20)21-17(23)16-13-5-8-24-10-15(13)26-19(16)22-6-3-4-7-22/h3-4,6-7H,5,8,10H2,1-2H3,(H,21,23). The summed E-state index contributed by atoms with van der Waals surface area (Å²) < 4.78 is 2.01. The van der Waals surface area contributed by atoms with Gasteiger partial charge < -0.3 is 9.88 Å². The Morgan fingerprint density at radius 1 is 1.27 bits per heavy atom. The molecule has 132 valence electrons. The van der Waals surface area contributed by atoms with Crippen molar-refractivity contribution in [3.63, 3.8) is 0 Å². The lowest BCUT2D eigenvalue weighted by molar-refractivity contribution is 0.102. The zero-order valence-electron chi connectivity index (χ0n) is 14.5. The molecule has 1 amide bonds. The molecule has 0 aliphatic carbocycles. The van der Waals surface area contributed by atoms with E-state index < -0.39 is 0 Å². The molecule has 0 unspecified atom stereocenters. The van der Waals surface area contributed by atoms with Gasteiger partial charge in [-0.05, 0) is 49.3 Å².